The molecule has 0 aliphatic rings. The lowest BCUT2D eigenvalue weighted by molar-refractivity contribution is -0.385. The molecule has 1 rings (SSSR count). The zero-order valence-electron chi connectivity index (χ0n) is 8.79. The van der Waals surface area contributed by atoms with Gasteiger partial charge in [-0.2, -0.15) is 0 Å². The minimum atomic E-state index is -0.424. The summed E-state index contributed by atoms with van der Waals surface area (Å²) in [4.78, 5) is 10.3. The quantitative estimate of drug-likeness (QED) is 0.401. The first-order chi connectivity index (χ1) is 7.65. The third kappa shape index (κ3) is 3.65. The first-order valence-corrected chi connectivity index (χ1v) is 5.52. The molecule has 0 aromatic heterocycles. The molecule has 1 aromatic carbocycles. The number of benzene rings is 1. The molecule has 4 nitrogen and oxygen atoms in total. The van der Waals surface area contributed by atoms with Crippen LogP contribution in [0.25, 0.3) is 0 Å². The normalized spacial score (nSPS) is 9.38. The molecule has 0 unspecified atom stereocenters. The lowest BCUT2D eigenvalue weighted by Gasteiger charge is -1.96. The molecule has 0 atom stereocenters. The Morgan fingerprint density at radius 3 is 2.94 bits per heavy atom. The summed E-state index contributed by atoms with van der Waals surface area (Å²) in [5.41, 5.74) is 0.482. The second kappa shape index (κ2) is 6.26. The van der Waals surface area contributed by atoms with Crippen molar-refractivity contribution >= 4 is 21.6 Å². The molecule has 0 spiro atoms. The molecule has 0 aliphatic carbocycles. The van der Waals surface area contributed by atoms with Crippen LogP contribution in [0.1, 0.15) is 12.0 Å². The van der Waals surface area contributed by atoms with E-state index in [1.54, 1.807) is 12.1 Å². The Balaban J connectivity index is 2.93. The third-order valence-corrected chi connectivity index (χ3v) is 2.37. The Morgan fingerprint density at radius 1 is 1.56 bits per heavy atom. The molecule has 0 saturated heterocycles. The highest BCUT2D eigenvalue weighted by Gasteiger charge is 2.11. The molecule has 1 aromatic rings. The lowest BCUT2D eigenvalue weighted by atomic mass is 10.2. The van der Waals surface area contributed by atoms with Crippen molar-refractivity contribution < 1.29 is 4.92 Å². The van der Waals surface area contributed by atoms with Gasteiger partial charge >= 0.3 is 0 Å². The van der Waals surface area contributed by atoms with E-state index in [1.165, 1.54) is 6.07 Å². The van der Waals surface area contributed by atoms with E-state index >= 15 is 0 Å². The molecular formula is C11H11BrN2O2. The summed E-state index contributed by atoms with van der Waals surface area (Å²) >= 11 is 3.20. The van der Waals surface area contributed by atoms with Crippen LogP contribution < -0.4 is 5.32 Å². The van der Waals surface area contributed by atoms with E-state index in [2.05, 4.69) is 33.1 Å². The highest BCUT2D eigenvalue weighted by molar-refractivity contribution is 9.10. The zero-order chi connectivity index (χ0) is 12.0. The van der Waals surface area contributed by atoms with Gasteiger partial charge in [0.05, 0.1) is 4.92 Å². The number of nitro benzene ring substituents is 1. The molecule has 0 saturated carbocycles. The van der Waals surface area contributed by atoms with Crippen molar-refractivity contribution in [2.45, 2.75) is 6.42 Å². The van der Waals surface area contributed by atoms with E-state index < -0.39 is 4.92 Å². The summed E-state index contributed by atoms with van der Waals surface area (Å²) in [7, 11) is 1.84. The highest BCUT2D eigenvalue weighted by Crippen LogP contribution is 2.22. The summed E-state index contributed by atoms with van der Waals surface area (Å²) in [6.45, 7) is 0.775. The van der Waals surface area contributed by atoms with Crippen LogP contribution in [0.2, 0.25) is 0 Å². The highest BCUT2D eigenvalue weighted by atomic mass is 79.9. The van der Waals surface area contributed by atoms with Crippen molar-refractivity contribution in [1.82, 2.24) is 5.32 Å². The Bertz CT molecular complexity index is 449. The fourth-order valence-corrected chi connectivity index (χ4v) is 1.46. The Labute approximate surface area is 102 Å². The number of halogens is 1. The SMILES string of the molecule is CNCCC#Cc1ccc(Br)cc1[N+](=O)[O-]. The topological polar surface area (TPSA) is 55.2 Å². The third-order valence-electron chi connectivity index (χ3n) is 1.88. The van der Waals surface area contributed by atoms with E-state index in [4.69, 9.17) is 0 Å². The van der Waals surface area contributed by atoms with Crippen LogP contribution in [0.4, 0.5) is 5.69 Å². The van der Waals surface area contributed by atoms with Crippen LogP contribution in [0.15, 0.2) is 22.7 Å². The zero-order valence-corrected chi connectivity index (χ0v) is 10.4. The summed E-state index contributed by atoms with van der Waals surface area (Å²) in [6.07, 6.45) is 0.670. The van der Waals surface area contributed by atoms with E-state index in [1.807, 2.05) is 7.05 Å². The maximum atomic E-state index is 10.8. The molecule has 5 heteroatoms. The van der Waals surface area contributed by atoms with Gasteiger partial charge in [0.15, 0.2) is 0 Å². The monoisotopic (exact) mass is 282 g/mol. The predicted molar refractivity (Wildman–Crippen MR) is 66.2 cm³/mol. The Morgan fingerprint density at radius 2 is 2.31 bits per heavy atom. The van der Waals surface area contributed by atoms with Gasteiger partial charge in [-0.1, -0.05) is 27.8 Å². The van der Waals surface area contributed by atoms with Gasteiger partial charge in [-0.25, -0.2) is 0 Å². The van der Waals surface area contributed by atoms with Gasteiger partial charge in [-0.3, -0.25) is 10.1 Å². The number of nitrogens with one attached hydrogen (secondary N) is 1. The fraction of sp³-hybridized carbons (Fsp3) is 0.273. The van der Waals surface area contributed by atoms with Gasteiger partial charge in [-0.05, 0) is 19.2 Å². The van der Waals surface area contributed by atoms with Gasteiger partial charge in [-0.15, -0.1) is 0 Å². The number of rotatable bonds is 3. The Hall–Kier alpha value is -1.38. The lowest BCUT2D eigenvalue weighted by Crippen LogP contribution is -2.05. The number of hydrogen-bond donors (Lipinski definition) is 1. The summed E-state index contributed by atoms with van der Waals surface area (Å²) in [5, 5.41) is 13.7. The van der Waals surface area contributed by atoms with Gasteiger partial charge < -0.3 is 5.32 Å². The van der Waals surface area contributed by atoms with Gasteiger partial charge in [0, 0.05) is 23.5 Å². The van der Waals surface area contributed by atoms with E-state index in [0.717, 1.165) is 6.54 Å². The number of hydrogen-bond acceptors (Lipinski definition) is 3. The molecular weight excluding hydrogens is 272 g/mol. The van der Waals surface area contributed by atoms with Gasteiger partial charge in [0.1, 0.15) is 5.56 Å². The maximum absolute atomic E-state index is 10.8. The van der Waals surface area contributed by atoms with Crippen LogP contribution in [0, 0.1) is 22.0 Å². The molecule has 0 fully saturated rings. The second-order valence-electron chi connectivity index (χ2n) is 3.07. The molecule has 1 N–H and O–H groups in total. The van der Waals surface area contributed by atoms with E-state index in [0.29, 0.717) is 16.5 Å². The molecule has 0 aliphatic heterocycles. The molecule has 0 radical (unpaired) electrons. The molecule has 16 heavy (non-hydrogen) atoms. The van der Waals surface area contributed by atoms with Crippen molar-refractivity contribution in [3.05, 3.63) is 38.3 Å². The summed E-state index contributed by atoms with van der Waals surface area (Å²) < 4.78 is 0.681. The van der Waals surface area contributed by atoms with Crippen LogP contribution in [-0.2, 0) is 0 Å². The van der Waals surface area contributed by atoms with Crippen molar-refractivity contribution in [2.75, 3.05) is 13.6 Å². The first-order valence-electron chi connectivity index (χ1n) is 4.72. The minimum absolute atomic E-state index is 0.0336. The second-order valence-corrected chi connectivity index (χ2v) is 3.99. The molecule has 0 heterocycles. The largest absolute Gasteiger partial charge is 0.319 e. The van der Waals surface area contributed by atoms with E-state index in [-0.39, 0.29) is 5.69 Å². The molecule has 0 amide bonds. The fourth-order valence-electron chi connectivity index (χ4n) is 1.11. The number of nitrogens with zero attached hydrogens (tertiary/aromatic N) is 1. The summed E-state index contributed by atoms with van der Waals surface area (Å²) in [6, 6.07) is 4.85. The minimum Gasteiger partial charge on any atom is -0.319 e. The van der Waals surface area contributed by atoms with Crippen LogP contribution in [0.5, 0.6) is 0 Å². The van der Waals surface area contributed by atoms with Crippen molar-refractivity contribution in [2.24, 2.45) is 0 Å². The number of nitro groups is 1. The molecule has 0 bridgehead atoms. The van der Waals surface area contributed by atoms with Crippen LogP contribution in [-0.4, -0.2) is 18.5 Å². The standard InChI is InChI=1S/C11H11BrN2O2/c1-13-7-3-2-4-9-5-6-10(12)8-11(9)14(15)16/h5-6,8,13H,3,7H2,1H3. The van der Waals surface area contributed by atoms with Crippen molar-refractivity contribution in [1.29, 1.82) is 0 Å². The Kier molecular flexibility index (Phi) is 4.96. The average Bonchev–Trinajstić information content (AvgIpc) is 2.26. The van der Waals surface area contributed by atoms with E-state index in [9.17, 15) is 10.1 Å². The van der Waals surface area contributed by atoms with Crippen molar-refractivity contribution in [3.63, 3.8) is 0 Å². The molecule has 84 valence electrons. The van der Waals surface area contributed by atoms with Crippen LogP contribution in [0.3, 0.4) is 0 Å². The average molecular weight is 283 g/mol. The van der Waals surface area contributed by atoms with Gasteiger partial charge in [0.25, 0.3) is 5.69 Å². The predicted octanol–water partition coefficient (Wildman–Crippen LogP) is 2.32. The smallest absolute Gasteiger partial charge is 0.286 e. The van der Waals surface area contributed by atoms with Gasteiger partial charge in [0.2, 0.25) is 0 Å². The summed E-state index contributed by atoms with van der Waals surface area (Å²) in [5.74, 6) is 5.69. The van der Waals surface area contributed by atoms with Crippen LogP contribution >= 0.6 is 15.9 Å². The maximum Gasteiger partial charge on any atom is 0.286 e. The first kappa shape index (κ1) is 12.7. The van der Waals surface area contributed by atoms with Crippen molar-refractivity contribution in [3.8, 4) is 11.8 Å².